The van der Waals surface area contributed by atoms with Crippen LogP contribution in [0.25, 0.3) is 0 Å². The van der Waals surface area contributed by atoms with Gasteiger partial charge in [0.1, 0.15) is 5.82 Å². The van der Waals surface area contributed by atoms with Gasteiger partial charge in [0, 0.05) is 32.1 Å². The number of nitrogens with one attached hydrogen (secondary N) is 2. The van der Waals surface area contributed by atoms with Crippen LogP contribution in [-0.2, 0) is 6.42 Å². The number of nitrogens with zero attached hydrogens (tertiary/aromatic N) is 2. The molecule has 1 aliphatic rings. The largest absolute Gasteiger partial charge is 0.490 e. The van der Waals surface area contributed by atoms with Gasteiger partial charge in [-0.25, -0.2) is 4.98 Å². The molecule has 1 aromatic rings. The molecule has 2 N–H and O–H groups in total. The minimum Gasteiger partial charge on any atom is -0.490 e. The molecule has 0 aliphatic carbocycles. The summed E-state index contributed by atoms with van der Waals surface area (Å²) in [5.74, 6) is 1.82. The molecule has 0 saturated carbocycles. The maximum Gasteiger partial charge on any atom is 0.260 e. The zero-order chi connectivity index (χ0) is 12.1. The maximum atomic E-state index is 5.15. The number of hydrogen-bond acceptors (Lipinski definition) is 6. The summed E-state index contributed by atoms with van der Waals surface area (Å²) in [6.45, 7) is 2.94. The summed E-state index contributed by atoms with van der Waals surface area (Å²) in [5.41, 5.74) is 0. The van der Waals surface area contributed by atoms with E-state index in [2.05, 4.69) is 20.6 Å². The molecule has 1 aromatic heterocycles. The van der Waals surface area contributed by atoms with Crippen LogP contribution in [0.4, 0.5) is 0 Å². The Morgan fingerprint density at radius 2 is 2.24 bits per heavy atom. The van der Waals surface area contributed by atoms with Crippen LogP contribution in [-0.4, -0.2) is 49.9 Å². The molecular formula is C11H18N4O2. The van der Waals surface area contributed by atoms with Crippen molar-refractivity contribution in [1.82, 2.24) is 20.6 Å². The molecule has 2 rings (SSSR count). The molecular weight excluding hydrogens is 220 g/mol. The molecule has 0 aromatic carbocycles. The number of rotatable bonds is 4. The van der Waals surface area contributed by atoms with Gasteiger partial charge in [-0.05, 0) is 0 Å². The minimum absolute atomic E-state index is 0.377. The zero-order valence-corrected chi connectivity index (χ0v) is 10.2. The first kappa shape index (κ1) is 12.1. The lowest BCUT2D eigenvalue weighted by atomic mass is 10.1. The summed E-state index contributed by atoms with van der Waals surface area (Å²) < 4.78 is 10.3. The van der Waals surface area contributed by atoms with E-state index < -0.39 is 0 Å². The predicted octanol–water partition coefficient (Wildman–Crippen LogP) is -0.402. The Morgan fingerprint density at radius 1 is 1.35 bits per heavy atom. The molecule has 1 saturated heterocycles. The third-order valence-corrected chi connectivity index (χ3v) is 2.74. The summed E-state index contributed by atoms with van der Waals surface area (Å²) in [5, 5.41) is 6.75. The minimum atomic E-state index is 0.377. The molecule has 0 bridgehead atoms. The molecule has 0 spiro atoms. The van der Waals surface area contributed by atoms with E-state index in [1.807, 2.05) is 0 Å². The third-order valence-electron chi connectivity index (χ3n) is 2.74. The maximum absolute atomic E-state index is 5.15. The summed E-state index contributed by atoms with van der Waals surface area (Å²) >= 11 is 0. The van der Waals surface area contributed by atoms with Crippen LogP contribution < -0.4 is 20.1 Å². The highest BCUT2D eigenvalue weighted by Crippen LogP contribution is 2.22. The number of methoxy groups -OCH3 is 2. The molecule has 1 unspecified atom stereocenters. The van der Waals surface area contributed by atoms with Crippen LogP contribution in [0.5, 0.6) is 11.6 Å². The monoisotopic (exact) mass is 238 g/mol. The molecule has 1 atom stereocenters. The Kier molecular flexibility index (Phi) is 4.11. The standard InChI is InChI=1S/C11H18N4O2/c1-16-9-7-14-10(15-11(9)17-2)5-8-6-12-3-4-13-8/h7-8,12-13H,3-6H2,1-2H3. The SMILES string of the molecule is COc1cnc(CC2CNCCN2)nc1OC. The van der Waals surface area contributed by atoms with Gasteiger partial charge < -0.3 is 20.1 Å². The van der Waals surface area contributed by atoms with Crippen molar-refractivity contribution in [1.29, 1.82) is 0 Å². The van der Waals surface area contributed by atoms with Crippen molar-refractivity contribution in [2.24, 2.45) is 0 Å². The van der Waals surface area contributed by atoms with Crippen molar-refractivity contribution < 1.29 is 9.47 Å². The van der Waals surface area contributed by atoms with E-state index in [0.717, 1.165) is 31.9 Å². The highest BCUT2D eigenvalue weighted by Gasteiger charge is 2.15. The smallest absolute Gasteiger partial charge is 0.260 e. The van der Waals surface area contributed by atoms with Crippen LogP contribution in [0.1, 0.15) is 5.82 Å². The van der Waals surface area contributed by atoms with E-state index in [-0.39, 0.29) is 0 Å². The van der Waals surface area contributed by atoms with Crippen LogP contribution >= 0.6 is 0 Å². The molecule has 6 nitrogen and oxygen atoms in total. The van der Waals surface area contributed by atoms with Crippen molar-refractivity contribution in [3.8, 4) is 11.6 Å². The quantitative estimate of drug-likeness (QED) is 0.744. The summed E-state index contributed by atoms with van der Waals surface area (Å²) in [6.07, 6.45) is 2.44. The van der Waals surface area contributed by atoms with E-state index in [1.54, 1.807) is 20.4 Å². The topological polar surface area (TPSA) is 68.3 Å². The second kappa shape index (κ2) is 5.79. The Morgan fingerprint density at radius 3 is 2.88 bits per heavy atom. The lowest BCUT2D eigenvalue weighted by Gasteiger charge is -2.23. The summed E-state index contributed by atoms with van der Waals surface area (Å²) in [4.78, 5) is 8.60. The normalized spacial score (nSPS) is 20.0. The molecule has 2 heterocycles. The zero-order valence-electron chi connectivity index (χ0n) is 10.2. The van der Waals surface area contributed by atoms with Crippen LogP contribution in [0.3, 0.4) is 0 Å². The van der Waals surface area contributed by atoms with Gasteiger partial charge in [-0.3, -0.25) is 0 Å². The molecule has 0 radical (unpaired) electrons. The average Bonchev–Trinajstić information content (AvgIpc) is 2.40. The van der Waals surface area contributed by atoms with Gasteiger partial charge >= 0.3 is 0 Å². The van der Waals surface area contributed by atoms with E-state index in [9.17, 15) is 0 Å². The first-order valence-electron chi connectivity index (χ1n) is 5.71. The van der Waals surface area contributed by atoms with E-state index in [4.69, 9.17) is 9.47 Å². The lowest BCUT2D eigenvalue weighted by molar-refractivity contribution is 0.337. The summed E-state index contributed by atoms with van der Waals surface area (Å²) in [7, 11) is 3.16. The number of aromatic nitrogens is 2. The predicted molar refractivity (Wildman–Crippen MR) is 63.5 cm³/mol. The number of hydrogen-bond donors (Lipinski definition) is 2. The summed E-state index contributed by atoms with van der Waals surface area (Å²) in [6, 6.07) is 0.377. The van der Waals surface area contributed by atoms with Crippen molar-refractivity contribution in [2.75, 3.05) is 33.9 Å². The van der Waals surface area contributed by atoms with Gasteiger partial charge in [-0.1, -0.05) is 0 Å². The number of ether oxygens (including phenoxy) is 2. The second-order valence-electron chi connectivity index (χ2n) is 3.92. The van der Waals surface area contributed by atoms with Gasteiger partial charge in [0.15, 0.2) is 5.75 Å². The Labute approximate surface area is 101 Å². The highest BCUT2D eigenvalue weighted by molar-refractivity contribution is 5.30. The van der Waals surface area contributed by atoms with Gasteiger partial charge in [0.25, 0.3) is 5.88 Å². The molecule has 0 amide bonds. The Balaban J connectivity index is 2.05. The number of piperazine rings is 1. The van der Waals surface area contributed by atoms with Crippen molar-refractivity contribution in [2.45, 2.75) is 12.5 Å². The molecule has 94 valence electrons. The van der Waals surface area contributed by atoms with Crippen LogP contribution in [0.2, 0.25) is 0 Å². The van der Waals surface area contributed by atoms with Crippen molar-refractivity contribution >= 4 is 0 Å². The van der Waals surface area contributed by atoms with Crippen molar-refractivity contribution in [3.05, 3.63) is 12.0 Å². The molecule has 17 heavy (non-hydrogen) atoms. The van der Waals surface area contributed by atoms with E-state index >= 15 is 0 Å². The average molecular weight is 238 g/mol. The second-order valence-corrected chi connectivity index (χ2v) is 3.92. The fraction of sp³-hybridized carbons (Fsp3) is 0.636. The molecule has 6 heteroatoms. The Bertz CT molecular complexity index is 366. The van der Waals surface area contributed by atoms with E-state index in [0.29, 0.717) is 17.7 Å². The van der Waals surface area contributed by atoms with Gasteiger partial charge in [0.05, 0.1) is 20.4 Å². The molecule has 1 aliphatic heterocycles. The fourth-order valence-corrected chi connectivity index (χ4v) is 1.85. The highest BCUT2D eigenvalue weighted by atomic mass is 16.5. The van der Waals surface area contributed by atoms with Crippen molar-refractivity contribution in [3.63, 3.8) is 0 Å². The third kappa shape index (κ3) is 3.04. The van der Waals surface area contributed by atoms with Gasteiger partial charge in [0.2, 0.25) is 0 Å². The van der Waals surface area contributed by atoms with E-state index in [1.165, 1.54) is 0 Å². The molecule has 1 fully saturated rings. The van der Waals surface area contributed by atoms with Crippen LogP contribution in [0.15, 0.2) is 6.20 Å². The van der Waals surface area contributed by atoms with Gasteiger partial charge in [-0.2, -0.15) is 4.98 Å². The Hall–Kier alpha value is -1.40. The van der Waals surface area contributed by atoms with Crippen LogP contribution in [0, 0.1) is 0 Å². The first-order chi connectivity index (χ1) is 8.33. The lowest BCUT2D eigenvalue weighted by Crippen LogP contribution is -2.49. The first-order valence-corrected chi connectivity index (χ1v) is 5.71. The fourth-order valence-electron chi connectivity index (χ4n) is 1.85. The van der Waals surface area contributed by atoms with Gasteiger partial charge in [-0.15, -0.1) is 0 Å².